The van der Waals surface area contributed by atoms with E-state index in [1.807, 2.05) is 0 Å². The molecule has 0 aromatic carbocycles. The van der Waals surface area contributed by atoms with Gasteiger partial charge in [0.05, 0.1) is 0 Å². The molecule has 0 bridgehead atoms. The number of carbonyl (C=O) groups excluding carboxylic acids is 1. The average Bonchev–Trinajstić information content (AvgIpc) is 2.18. The minimum Gasteiger partial charge on any atom is -0.335 e. The van der Waals surface area contributed by atoms with Crippen LogP contribution < -0.4 is 5.32 Å². The van der Waals surface area contributed by atoms with Crippen LogP contribution in [0.3, 0.4) is 0 Å². The average molecular weight is 220 g/mol. The van der Waals surface area contributed by atoms with Gasteiger partial charge in [-0.15, -0.1) is 0 Å². The molecular formula is C10H18F2N2O. The quantitative estimate of drug-likeness (QED) is 0.759. The van der Waals surface area contributed by atoms with Crippen molar-refractivity contribution in [3.8, 4) is 0 Å². The number of halogens is 2. The number of urea groups is 1. The molecule has 1 aliphatic rings. The van der Waals surface area contributed by atoms with Crippen LogP contribution in [0.1, 0.15) is 25.7 Å². The summed E-state index contributed by atoms with van der Waals surface area (Å²) in [5, 5.41) is 2.82. The zero-order valence-electron chi connectivity index (χ0n) is 9.17. The van der Waals surface area contributed by atoms with Crippen LogP contribution in [0.4, 0.5) is 13.6 Å². The van der Waals surface area contributed by atoms with Crippen molar-refractivity contribution < 1.29 is 13.6 Å². The fourth-order valence-electron chi connectivity index (χ4n) is 1.82. The van der Waals surface area contributed by atoms with Crippen LogP contribution in [0.25, 0.3) is 0 Å². The molecule has 0 spiro atoms. The summed E-state index contributed by atoms with van der Waals surface area (Å²) in [6, 6.07) is -0.0783. The van der Waals surface area contributed by atoms with Crippen molar-refractivity contribution in [3.63, 3.8) is 0 Å². The van der Waals surface area contributed by atoms with E-state index >= 15 is 0 Å². The van der Waals surface area contributed by atoms with Crippen molar-refractivity contribution in [2.24, 2.45) is 5.92 Å². The second kappa shape index (κ2) is 5.28. The van der Waals surface area contributed by atoms with Crippen molar-refractivity contribution in [1.82, 2.24) is 10.2 Å². The number of rotatable bonds is 2. The first-order valence-electron chi connectivity index (χ1n) is 5.26. The highest BCUT2D eigenvalue weighted by atomic mass is 19.3. The van der Waals surface area contributed by atoms with Crippen LogP contribution in [0.15, 0.2) is 0 Å². The molecule has 1 aliphatic carbocycles. The lowest BCUT2D eigenvalue weighted by Gasteiger charge is -2.29. The van der Waals surface area contributed by atoms with E-state index in [1.165, 1.54) is 4.90 Å². The van der Waals surface area contributed by atoms with Crippen LogP contribution in [0.5, 0.6) is 0 Å². The molecule has 1 fully saturated rings. The van der Waals surface area contributed by atoms with Gasteiger partial charge in [0.25, 0.3) is 0 Å². The predicted molar refractivity (Wildman–Crippen MR) is 54.0 cm³/mol. The molecule has 0 unspecified atom stereocenters. The number of hydrogen-bond acceptors (Lipinski definition) is 1. The van der Waals surface area contributed by atoms with Gasteiger partial charge < -0.3 is 10.2 Å². The summed E-state index contributed by atoms with van der Waals surface area (Å²) in [6.45, 7) is 0. The molecular weight excluding hydrogens is 202 g/mol. The first-order valence-corrected chi connectivity index (χ1v) is 5.26. The van der Waals surface area contributed by atoms with E-state index in [2.05, 4.69) is 5.32 Å². The first kappa shape index (κ1) is 12.2. The van der Waals surface area contributed by atoms with Gasteiger partial charge in [-0.2, -0.15) is 0 Å². The lowest BCUT2D eigenvalue weighted by molar-refractivity contribution is 0.0512. The van der Waals surface area contributed by atoms with Gasteiger partial charge in [0, 0.05) is 26.1 Å². The maximum absolute atomic E-state index is 12.3. The molecule has 0 saturated heterocycles. The minimum absolute atomic E-state index is 0.0647. The van der Waals surface area contributed by atoms with Gasteiger partial charge in [0.2, 0.25) is 6.43 Å². The molecule has 88 valence electrons. The summed E-state index contributed by atoms with van der Waals surface area (Å²) < 4.78 is 24.7. The van der Waals surface area contributed by atoms with Crippen LogP contribution >= 0.6 is 0 Å². The molecule has 0 aromatic rings. The van der Waals surface area contributed by atoms with E-state index in [1.54, 1.807) is 14.1 Å². The molecule has 2 amide bonds. The first-order chi connectivity index (χ1) is 7.00. The fourth-order valence-corrected chi connectivity index (χ4v) is 1.82. The van der Waals surface area contributed by atoms with Gasteiger partial charge >= 0.3 is 6.03 Å². The Morgan fingerprint density at radius 3 is 2.20 bits per heavy atom. The highest BCUT2D eigenvalue weighted by Crippen LogP contribution is 2.28. The summed E-state index contributed by atoms with van der Waals surface area (Å²) in [5.41, 5.74) is 0. The number of nitrogens with zero attached hydrogens (tertiary/aromatic N) is 1. The Hall–Kier alpha value is -0.870. The van der Waals surface area contributed by atoms with E-state index in [0.717, 1.165) is 0 Å². The molecule has 0 aliphatic heterocycles. The zero-order chi connectivity index (χ0) is 11.4. The molecule has 0 heterocycles. The van der Waals surface area contributed by atoms with Crippen molar-refractivity contribution >= 4 is 6.03 Å². The monoisotopic (exact) mass is 220 g/mol. The van der Waals surface area contributed by atoms with Gasteiger partial charge in [-0.25, -0.2) is 13.6 Å². The van der Waals surface area contributed by atoms with Crippen LogP contribution in [-0.2, 0) is 0 Å². The Morgan fingerprint density at radius 2 is 1.80 bits per heavy atom. The highest BCUT2D eigenvalue weighted by molar-refractivity contribution is 5.73. The van der Waals surface area contributed by atoms with Crippen molar-refractivity contribution in [2.75, 3.05) is 14.1 Å². The normalized spacial score (nSPS) is 26.5. The third kappa shape index (κ3) is 3.64. The summed E-state index contributed by atoms with van der Waals surface area (Å²) in [5.74, 6) is -0.475. The molecule has 15 heavy (non-hydrogen) atoms. The molecule has 5 heteroatoms. The second-order valence-corrected chi connectivity index (χ2v) is 4.29. The van der Waals surface area contributed by atoms with Gasteiger partial charge in [-0.05, 0) is 25.7 Å². The van der Waals surface area contributed by atoms with Crippen molar-refractivity contribution in [3.05, 3.63) is 0 Å². The Morgan fingerprint density at radius 1 is 1.27 bits per heavy atom. The molecule has 0 radical (unpaired) electrons. The number of amides is 2. The number of carbonyl (C=O) groups is 1. The predicted octanol–water partition coefficient (Wildman–Crippen LogP) is 2.08. The third-order valence-corrected chi connectivity index (χ3v) is 2.86. The maximum atomic E-state index is 12.3. The molecule has 0 aromatic heterocycles. The molecule has 1 N–H and O–H groups in total. The Balaban J connectivity index is 2.29. The topological polar surface area (TPSA) is 32.3 Å². The molecule has 0 atom stereocenters. The van der Waals surface area contributed by atoms with E-state index in [0.29, 0.717) is 25.7 Å². The lowest BCUT2D eigenvalue weighted by atomic mass is 9.86. The van der Waals surface area contributed by atoms with E-state index < -0.39 is 12.3 Å². The summed E-state index contributed by atoms with van der Waals surface area (Å²) in [4.78, 5) is 12.8. The second-order valence-electron chi connectivity index (χ2n) is 4.29. The fraction of sp³-hybridized carbons (Fsp3) is 0.900. The van der Waals surface area contributed by atoms with Gasteiger partial charge in [0.15, 0.2) is 0 Å². The van der Waals surface area contributed by atoms with Crippen molar-refractivity contribution in [1.29, 1.82) is 0 Å². The summed E-state index contributed by atoms with van der Waals surface area (Å²) in [6.07, 6.45) is 0.130. The standard InChI is InChI=1S/C10H18F2N2O/c1-14(2)10(15)13-8-5-3-7(4-6-8)9(11)12/h7-9H,3-6H2,1-2H3,(H,13,15). The Labute approximate surface area is 88.8 Å². The molecule has 1 saturated carbocycles. The number of nitrogens with one attached hydrogen (secondary N) is 1. The Bertz CT molecular complexity index is 213. The largest absolute Gasteiger partial charge is 0.335 e. The number of hydrogen-bond donors (Lipinski definition) is 1. The SMILES string of the molecule is CN(C)C(=O)NC1CCC(C(F)F)CC1. The summed E-state index contributed by atoms with van der Waals surface area (Å²) in [7, 11) is 3.33. The van der Waals surface area contributed by atoms with Crippen LogP contribution in [-0.4, -0.2) is 37.5 Å². The minimum atomic E-state index is -2.21. The maximum Gasteiger partial charge on any atom is 0.317 e. The zero-order valence-corrected chi connectivity index (χ0v) is 9.17. The third-order valence-electron chi connectivity index (χ3n) is 2.86. The lowest BCUT2D eigenvalue weighted by Crippen LogP contribution is -2.43. The van der Waals surface area contributed by atoms with Gasteiger partial charge in [-0.3, -0.25) is 0 Å². The van der Waals surface area contributed by atoms with Gasteiger partial charge in [0.1, 0.15) is 0 Å². The molecule has 3 nitrogen and oxygen atoms in total. The smallest absolute Gasteiger partial charge is 0.317 e. The van der Waals surface area contributed by atoms with Gasteiger partial charge in [-0.1, -0.05) is 0 Å². The van der Waals surface area contributed by atoms with E-state index in [4.69, 9.17) is 0 Å². The van der Waals surface area contributed by atoms with E-state index in [-0.39, 0.29) is 12.1 Å². The van der Waals surface area contributed by atoms with Crippen LogP contribution in [0, 0.1) is 5.92 Å². The number of alkyl halides is 2. The van der Waals surface area contributed by atoms with E-state index in [9.17, 15) is 13.6 Å². The highest BCUT2D eigenvalue weighted by Gasteiger charge is 2.28. The summed E-state index contributed by atoms with van der Waals surface area (Å²) >= 11 is 0. The Kier molecular flexibility index (Phi) is 4.29. The van der Waals surface area contributed by atoms with Crippen molar-refractivity contribution in [2.45, 2.75) is 38.2 Å². The molecule has 1 rings (SSSR count). The van der Waals surface area contributed by atoms with Crippen LogP contribution in [0.2, 0.25) is 0 Å².